The summed E-state index contributed by atoms with van der Waals surface area (Å²) >= 11 is 0. The van der Waals surface area contributed by atoms with Crippen molar-refractivity contribution < 1.29 is 0 Å². The highest BCUT2D eigenvalue weighted by Crippen LogP contribution is 2.19. The number of nitrogens with two attached hydrogens (primary N) is 1. The van der Waals surface area contributed by atoms with Crippen molar-refractivity contribution in [3.8, 4) is 0 Å². The van der Waals surface area contributed by atoms with E-state index in [1.54, 1.807) is 0 Å². The Labute approximate surface area is 97.2 Å². The fraction of sp³-hybridized carbons (Fsp3) is 0.385. The van der Waals surface area contributed by atoms with E-state index in [0.29, 0.717) is 6.54 Å². The van der Waals surface area contributed by atoms with Crippen LogP contribution in [0.2, 0.25) is 0 Å². The molecule has 1 aliphatic heterocycles. The number of hydrogen-bond acceptors (Lipinski definition) is 3. The maximum absolute atomic E-state index is 5.62. The number of hydrogen-bond donors (Lipinski definition) is 1. The summed E-state index contributed by atoms with van der Waals surface area (Å²) in [5.74, 6) is 0. The van der Waals surface area contributed by atoms with E-state index in [4.69, 9.17) is 5.73 Å². The van der Waals surface area contributed by atoms with Gasteiger partial charge in [-0.1, -0.05) is 30.3 Å². The monoisotopic (exact) mass is 217 g/mol. The van der Waals surface area contributed by atoms with Gasteiger partial charge in [-0.15, -0.1) is 0 Å². The lowest BCUT2D eigenvalue weighted by Crippen LogP contribution is -2.25. The second kappa shape index (κ2) is 5.03. The van der Waals surface area contributed by atoms with Crippen LogP contribution in [-0.2, 0) is 6.54 Å². The van der Waals surface area contributed by atoms with E-state index < -0.39 is 0 Å². The Kier molecular flexibility index (Phi) is 3.47. The summed E-state index contributed by atoms with van der Waals surface area (Å²) in [6.07, 6.45) is 3.15. The first-order chi connectivity index (χ1) is 7.79. The summed E-state index contributed by atoms with van der Waals surface area (Å²) in [6, 6.07) is 10.6. The molecule has 0 fully saturated rings. The third-order valence-electron chi connectivity index (χ3n) is 2.79. The van der Waals surface area contributed by atoms with E-state index in [2.05, 4.69) is 53.4 Å². The van der Waals surface area contributed by atoms with Crippen molar-refractivity contribution in [1.29, 1.82) is 0 Å². The molecule has 1 heterocycles. The molecule has 1 aliphatic rings. The standard InChI is InChI=1S/C13H19N3/c1-15-10-13(7-8-14)16(11-15)9-12-5-3-2-4-6-12/h2-6,10H,7-9,11,14H2,1H3. The lowest BCUT2D eigenvalue weighted by molar-refractivity contribution is 0.271. The normalized spacial score (nSPS) is 15.5. The van der Waals surface area contributed by atoms with Gasteiger partial charge in [-0.2, -0.15) is 0 Å². The Bertz CT molecular complexity index is 359. The third-order valence-corrected chi connectivity index (χ3v) is 2.79. The predicted octanol–water partition coefficient (Wildman–Crippen LogP) is 1.58. The van der Waals surface area contributed by atoms with Crippen LogP contribution in [0.1, 0.15) is 12.0 Å². The van der Waals surface area contributed by atoms with Crippen molar-refractivity contribution in [2.75, 3.05) is 20.3 Å². The highest BCUT2D eigenvalue weighted by atomic mass is 15.3. The quantitative estimate of drug-likeness (QED) is 0.831. The molecule has 0 aliphatic carbocycles. The molecule has 0 saturated carbocycles. The number of rotatable bonds is 4. The molecule has 0 spiro atoms. The van der Waals surface area contributed by atoms with Crippen LogP contribution in [0.4, 0.5) is 0 Å². The molecule has 0 saturated heterocycles. The molecule has 16 heavy (non-hydrogen) atoms. The fourth-order valence-electron chi connectivity index (χ4n) is 2.06. The zero-order chi connectivity index (χ0) is 11.4. The first-order valence-corrected chi connectivity index (χ1v) is 5.69. The van der Waals surface area contributed by atoms with Gasteiger partial charge in [-0.25, -0.2) is 0 Å². The maximum Gasteiger partial charge on any atom is 0.0896 e. The maximum atomic E-state index is 5.62. The van der Waals surface area contributed by atoms with Crippen LogP contribution in [0.25, 0.3) is 0 Å². The largest absolute Gasteiger partial charge is 0.361 e. The second-order valence-corrected chi connectivity index (χ2v) is 4.24. The van der Waals surface area contributed by atoms with Crippen molar-refractivity contribution in [1.82, 2.24) is 9.80 Å². The summed E-state index contributed by atoms with van der Waals surface area (Å²) in [5.41, 5.74) is 8.31. The smallest absolute Gasteiger partial charge is 0.0896 e. The van der Waals surface area contributed by atoms with Gasteiger partial charge in [-0.05, 0) is 12.1 Å². The van der Waals surface area contributed by atoms with Crippen LogP contribution in [-0.4, -0.2) is 30.1 Å². The number of benzene rings is 1. The fourth-order valence-corrected chi connectivity index (χ4v) is 2.06. The Morgan fingerprint density at radius 2 is 2.00 bits per heavy atom. The molecule has 86 valence electrons. The van der Waals surface area contributed by atoms with Gasteiger partial charge in [0.25, 0.3) is 0 Å². The summed E-state index contributed by atoms with van der Waals surface area (Å²) in [6.45, 7) is 2.65. The Balaban J connectivity index is 2.02. The number of nitrogens with zero attached hydrogens (tertiary/aromatic N) is 2. The van der Waals surface area contributed by atoms with Crippen molar-refractivity contribution in [2.45, 2.75) is 13.0 Å². The van der Waals surface area contributed by atoms with Crippen molar-refractivity contribution in [3.63, 3.8) is 0 Å². The van der Waals surface area contributed by atoms with Crippen LogP contribution in [0.3, 0.4) is 0 Å². The highest BCUT2D eigenvalue weighted by Gasteiger charge is 2.17. The first kappa shape index (κ1) is 11.0. The molecule has 0 unspecified atom stereocenters. The Morgan fingerprint density at radius 1 is 1.25 bits per heavy atom. The van der Waals surface area contributed by atoms with Crippen LogP contribution >= 0.6 is 0 Å². The van der Waals surface area contributed by atoms with Crippen molar-refractivity contribution in [3.05, 3.63) is 47.8 Å². The Hall–Kier alpha value is -1.48. The lowest BCUT2D eigenvalue weighted by atomic mass is 10.2. The second-order valence-electron chi connectivity index (χ2n) is 4.24. The molecular weight excluding hydrogens is 198 g/mol. The van der Waals surface area contributed by atoms with E-state index in [-0.39, 0.29) is 0 Å². The van der Waals surface area contributed by atoms with Gasteiger partial charge < -0.3 is 15.5 Å². The molecule has 2 N–H and O–H groups in total. The van der Waals surface area contributed by atoms with E-state index in [1.165, 1.54) is 11.3 Å². The van der Waals surface area contributed by atoms with Crippen LogP contribution in [0, 0.1) is 0 Å². The van der Waals surface area contributed by atoms with Crippen molar-refractivity contribution >= 4 is 0 Å². The van der Waals surface area contributed by atoms with Gasteiger partial charge in [-0.3, -0.25) is 0 Å². The van der Waals surface area contributed by atoms with Gasteiger partial charge in [0.1, 0.15) is 0 Å². The van der Waals surface area contributed by atoms with Gasteiger partial charge in [0.2, 0.25) is 0 Å². The van der Waals surface area contributed by atoms with Crippen molar-refractivity contribution in [2.24, 2.45) is 5.73 Å². The third kappa shape index (κ3) is 2.55. The van der Waals surface area contributed by atoms with E-state index in [1.807, 2.05) is 0 Å². The minimum absolute atomic E-state index is 0.713. The van der Waals surface area contributed by atoms with Crippen LogP contribution in [0.5, 0.6) is 0 Å². The first-order valence-electron chi connectivity index (χ1n) is 5.69. The molecule has 3 heteroatoms. The molecule has 1 aromatic rings. The molecule has 2 rings (SSSR count). The summed E-state index contributed by atoms with van der Waals surface area (Å²) in [7, 11) is 2.10. The molecule has 0 radical (unpaired) electrons. The van der Waals surface area contributed by atoms with Crippen LogP contribution < -0.4 is 5.73 Å². The SMILES string of the molecule is CN1C=C(CCN)N(Cc2ccccc2)C1. The lowest BCUT2D eigenvalue weighted by Gasteiger charge is -2.22. The van der Waals surface area contributed by atoms with Gasteiger partial charge in [0.15, 0.2) is 0 Å². The molecule has 0 amide bonds. The average molecular weight is 217 g/mol. The minimum atomic E-state index is 0.713. The van der Waals surface area contributed by atoms with Gasteiger partial charge >= 0.3 is 0 Å². The zero-order valence-corrected chi connectivity index (χ0v) is 9.76. The molecule has 3 nitrogen and oxygen atoms in total. The molecule has 1 aromatic carbocycles. The summed E-state index contributed by atoms with van der Waals surface area (Å²) in [4.78, 5) is 4.58. The van der Waals surface area contributed by atoms with E-state index in [0.717, 1.165) is 19.6 Å². The summed E-state index contributed by atoms with van der Waals surface area (Å²) in [5, 5.41) is 0. The molecule has 0 atom stereocenters. The van der Waals surface area contributed by atoms with Gasteiger partial charge in [0.05, 0.1) is 6.67 Å². The summed E-state index contributed by atoms with van der Waals surface area (Å²) < 4.78 is 0. The highest BCUT2D eigenvalue weighted by molar-refractivity contribution is 5.17. The van der Waals surface area contributed by atoms with E-state index in [9.17, 15) is 0 Å². The Morgan fingerprint density at radius 3 is 2.69 bits per heavy atom. The molecule has 0 aromatic heterocycles. The predicted molar refractivity (Wildman–Crippen MR) is 66.4 cm³/mol. The topological polar surface area (TPSA) is 32.5 Å². The zero-order valence-electron chi connectivity index (χ0n) is 9.76. The van der Waals surface area contributed by atoms with Gasteiger partial charge in [0, 0.05) is 31.9 Å². The average Bonchev–Trinajstić information content (AvgIpc) is 2.61. The minimum Gasteiger partial charge on any atom is -0.361 e. The molecule has 0 bridgehead atoms. The molecular formula is C13H19N3. The van der Waals surface area contributed by atoms with E-state index >= 15 is 0 Å². The van der Waals surface area contributed by atoms with Crippen LogP contribution in [0.15, 0.2) is 42.2 Å².